The van der Waals surface area contributed by atoms with Gasteiger partial charge in [0.1, 0.15) is 11.9 Å². The van der Waals surface area contributed by atoms with E-state index in [9.17, 15) is 15.2 Å². The quantitative estimate of drug-likeness (QED) is 0.661. The van der Waals surface area contributed by atoms with Crippen LogP contribution < -0.4 is 4.74 Å². The molecule has 5 nitrogen and oxygen atoms in total. The van der Waals surface area contributed by atoms with Crippen molar-refractivity contribution in [3.05, 3.63) is 33.4 Å². The Bertz CT molecular complexity index is 472. The Balaban J connectivity index is 2.27. The Morgan fingerprint density at radius 1 is 1.33 bits per heavy atom. The van der Waals surface area contributed by atoms with Crippen molar-refractivity contribution >= 4 is 5.69 Å². The van der Waals surface area contributed by atoms with Crippen LogP contribution in [0.1, 0.15) is 30.4 Å². The lowest BCUT2D eigenvalue weighted by Crippen LogP contribution is -2.26. The normalized spacial score (nSPS) is 23.1. The number of ether oxygens (including phenoxy) is 1. The predicted octanol–water partition coefficient (Wildman–Crippen LogP) is 2.50. The smallest absolute Gasteiger partial charge is 0.276 e. The Morgan fingerprint density at radius 2 is 2.06 bits per heavy atom. The zero-order chi connectivity index (χ0) is 13.3. The Labute approximate surface area is 106 Å². The highest BCUT2D eigenvalue weighted by Crippen LogP contribution is 2.31. The zero-order valence-corrected chi connectivity index (χ0v) is 10.5. The summed E-state index contributed by atoms with van der Waals surface area (Å²) in [5.41, 5.74) is 1.54. The standard InChI is InChI=1S/C13H17NO4/c1-8-6-9(2)13(7-10(8)14(16)17)18-12-5-3-4-11(12)15/h6-7,11-12,15H,3-5H2,1-2H3/t11-,12-/m0/s1. The molecule has 1 saturated carbocycles. The molecule has 0 aromatic heterocycles. The maximum Gasteiger partial charge on any atom is 0.276 e. The minimum atomic E-state index is -0.468. The highest BCUT2D eigenvalue weighted by atomic mass is 16.6. The molecule has 98 valence electrons. The van der Waals surface area contributed by atoms with Crippen molar-refractivity contribution < 1.29 is 14.8 Å². The van der Waals surface area contributed by atoms with E-state index in [0.29, 0.717) is 11.3 Å². The van der Waals surface area contributed by atoms with Crippen LogP contribution in [0.5, 0.6) is 5.75 Å². The molecule has 0 unspecified atom stereocenters. The number of benzene rings is 1. The summed E-state index contributed by atoms with van der Waals surface area (Å²) in [6, 6.07) is 3.20. The Hall–Kier alpha value is -1.62. The molecule has 1 aromatic carbocycles. The Morgan fingerprint density at radius 3 is 2.61 bits per heavy atom. The van der Waals surface area contributed by atoms with Crippen molar-refractivity contribution in [1.29, 1.82) is 0 Å². The first-order chi connectivity index (χ1) is 8.49. The van der Waals surface area contributed by atoms with E-state index < -0.39 is 11.0 Å². The van der Waals surface area contributed by atoms with Crippen LogP contribution in [0.4, 0.5) is 5.69 Å². The number of aryl methyl sites for hydroxylation is 2. The molecule has 2 rings (SSSR count). The number of hydrogen-bond acceptors (Lipinski definition) is 4. The lowest BCUT2D eigenvalue weighted by molar-refractivity contribution is -0.385. The van der Waals surface area contributed by atoms with E-state index in [-0.39, 0.29) is 11.8 Å². The number of rotatable bonds is 3. The molecule has 2 atom stereocenters. The second-order valence-corrected chi connectivity index (χ2v) is 4.82. The molecule has 0 heterocycles. The fraction of sp³-hybridized carbons (Fsp3) is 0.538. The summed E-state index contributed by atoms with van der Waals surface area (Å²) < 4.78 is 5.71. The van der Waals surface area contributed by atoms with E-state index in [2.05, 4.69) is 0 Å². The molecule has 1 aliphatic carbocycles. The van der Waals surface area contributed by atoms with E-state index in [0.717, 1.165) is 24.8 Å². The summed E-state index contributed by atoms with van der Waals surface area (Å²) >= 11 is 0. The number of nitro groups is 1. The van der Waals surface area contributed by atoms with Crippen LogP contribution in [0, 0.1) is 24.0 Å². The molecule has 1 fully saturated rings. The summed E-state index contributed by atoms with van der Waals surface area (Å²) in [6.45, 7) is 3.56. The van der Waals surface area contributed by atoms with Crippen molar-refractivity contribution in [1.82, 2.24) is 0 Å². The monoisotopic (exact) mass is 251 g/mol. The van der Waals surface area contributed by atoms with Crippen LogP contribution in [0.25, 0.3) is 0 Å². The van der Waals surface area contributed by atoms with Gasteiger partial charge in [-0.05, 0) is 44.7 Å². The minimum absolute atomic E-state index is 0.0584. The molecule has 5 heteroatoms. The van der Waals surface area contributed by atoms with E-state index in [4.69, 9.17) is 4.74 Å². The predicted molar refractivity (Wildman–Crippen MR) is 66.8 cm³/mol. The van der Waals surface area contributed by atoms with Gasteiger partial charge in [0, 0.05) is 5.56 Å². The number of aliphatic hydroxyl groups is 1. The number of nitro benzene ring substituents is 1. The number of nitrogens with zero attached hydrogens (tertiary/aromatic N) is 1. The summed E-state index contributed by atoms with van der Waals surface area (Å²) in [5.74, 6) is 0.498. The third-order valence-electron chi connectivity index (χ3n) is 3.39. The average Bonchev–Trinajstić information content (AvgIpc) is 2.67. The van der Waals surface area contributed by atoms with Crippen LogP contribution in [0.15, 0.2) is 12.1 Å². The maximum absolute atomic E-state index is 10.9. The average molecular weight is 251 g/mol. The molecular weight excluding hydrogens is 234 g/mol. The van der Waals surface area contributed by atoms with Gasteiger partial charge in [0.05, 0.1) is 17.1 Å². The van der Waals surface area contributed by atoms with Gasteiger partial charge in [-0.2, -0.15) is 0 Å². The summed E-state index contributed by atoms with van der Waals surface area (Å²) in [6.07, 6.45) is 1.74. The van der Waals surface area contributed by atoms with Gasteiger partial charge < -0.3 is 9.84 Å². The van der Waals surface area contributed by atoms with E-state index in [1.165, 1.54) is 6.07 Å². The van der Waals surface area contributed by atoms with Gasteiger partial charge in [-0.3, -0.25) is 10.1 Å². The first-order valence-corrected chi connectivity index (χ1v) is 6.09. The van der Waals surface area contributed by atoms with Gasteiger partial charge in [-0.25, -0.2) is 0 Å². The molecular formula is C13H17NO4. The largest absolute Gasteiger partial charge is 0.487 e. The molecule has 0 bridgehead atoms. The summed E-state index contributed by atoms with van der Waals surface area (Å²) in [7, 11) is 0. The molecule has 18 heavy (non-hydrogen) atoms. The van der Waals surface area contributed by atoms with E-state index >= 15 is 0 Å². The molecule has 0 spiro atoms. The van der Waals surface area contributed by atoms with Crippen molar-refractivity contribution in [2.24, 2.45) is 0 Å². The highest BCUT2D eigenvalue weighted by molar-refractivity contribution is 5.49. The first-order valence-electron chi connectivity index (χ1n) is 6.09. The van der Waals surface area contributed by atoms with E-state index in [1.54, 1.807) is 13.0 Å². The lowest BCUT2D eigenvalue weighted by Gasteiger charge is -2.18. The maximum atomic E-state index is 10.9. The second-order valence-electron chi connectivity index (χ2n) is 4.82. The van der Waals surface area contributed by atoms with Crippen LogP contribution in [0.2, 0.25) is 0 Å². The van der Waals surface area contributed by atoms with Crippen LogP contribution in [0.3, 0.4) is 0 Å². The van der Waals surface area contributed by atoms with Crippen LogP contribution in [-0.2, 0) is 0 Å². The number of aliphatic hydroxyl groups excluding tert-OH is 1. The van der Waals surface area contributed by atoms with E-state index in [1.807, 2.05) is 6.92 Å². The van der Waals surface area contributed by atoms with Crippen molar-refractivity contribution in [2.45, 2.75) is 45.3 Å². The molecule has 1 aromatic rings. The third-order valence-corrected chi connectivity index (χ3v) is 3.39. The van der Waals surface area contributed by atoms with Gasteiger partial charge in [0.25, 0.3) is 5.69 Å². The molecule has 0 aliphatic heterocycles. The molecule has 0 amide bonds. The van der Waals surface area contributed by atoms with Gasteiger partial charge in [0.2, 0.25) is 0 Å². The zero-order valence-electron chi connectivity index (χ0n) is 10.5. The number of hydrogen-bond donors (Lipinski definition) is 1. The SMILES string of the molecule is Cc1cc(C)c([N+](=O)[O-])cc1O[C@H]1CCC[C@@H]1O. The molecule has 1 N–H and O–H groups in total. The van der Waals surface area contributed by atoms with Crippen molar-refractivity contribution in [3.63, 3.8) is 0 Å². The van der Waals surface area contributed by atoms with Crippen LogP contribution in [-0.4, -0.2) is 22.2 Å². The fourth-order valence-electron chi connectivity index (χ4n) is 2.35. The minimum Gasteiger partial charge on any atom is -0.487 e. The molecule has 1 aliphatic rings. The van der Waals surface area contributed by atoms with Crippen molar-refractivity contribution in [3.8, 4) is 5.75 Å². The van der Waals surface area contributed by atoms with Crippen molar-refractivity contribution in [2.75, 3.05) is 0 Å². The highest BCUT2D eigenvalue weighted by Gasteiger charge is 2.28. The van der Waals surface area contributed by atoms with Gasteiger partial charge in [-0.1, -0.05) is 0 Å². The summed E-state index contributed by atoms with van der Waals surface area (Å²) in [4.78, 5) is 10.5. The van der Waals surface area contributed by atoms with Gasteiger partial charge in [-0.15, -0.1) is 0 Å². The second kappa shape index (κ2) is 4.94. The third kappa shape index (κ3) is 2.46. The summed E-state index contributed by atoms with van der Waals surface area (Å²) in [5, 5.41) is 20.6. The molecule has 0 radical (unpaired) electrons. The topological polar surface area (TPSA) is 72.6 Å². The van der Waals surface area contributed by atoms with Crippen LogP contribution >= 0.6 is 0 Å². The lowest BCUT2D eigenvalue weighted by atomic mass is 10.1. The first kappa shape index (κ1) is 12.8. The van der Waals surface area contributed by atoms with Gasteiger partial charge >= 0.3 is 0 Å². The fourth-order valence-corrected chi connectivity index (χ4v) is 2.35. The molecule has 0 saturated heterocycles. The van der Waals surface area contributed by atoms with Gasteiger partial charge in [0.15, 0.2) is 0 Å². The Kier molecular flexibility index (Phi) is 3.52.